The molecule has 0 amide bonds. The third kappa shape index (κ3) is 3.40. The van der Waals surface area contributed by atoms with Crippen LogP contribution in [0.25, 0.3) is 11.2 Å². The lowest BCUT2D eigenvalue weighted by Gasteiger charge is -2.27. The van der Waals surface area contributed by atoms with Crippen molar-refractivity contribution in [1.29, 1.82) is 0 Å². The summed E-state index contributed by atoms with van der Waals surface area (Å²) in [7, 11) is 2.11. The average molecular weight is 376 g/mol. The molecule has 0 spiro atoms. The van der Waals surface area contributed by atoms with Gasteiger partial charge in [-0.3, -0.25) is 4.57 Å². The van der Waals surface area contributed by atoms with Gasteiger partial charge in [0.25, 0.3) is 0 Å². The minimum atomic E-state index is -0.651. The van der Waals surface area contributed by atoms with Crippen LogP contribution < -0.4 is 5.73 Å². The minimum Gasteiger partial charge on any atom is -0.382 e. The number of rotatable bonds is 6. The number of aromatic nitrogens is 4. The molecule has 4 atom stereocenters. The van der Waals surface area contributed by atoms with Crippen LogP contribution in [-0.4, -0.2) is 68.7 Å². The number of ether oxygens (including phenoxy) is 3. The molecule has 2 N–H and O–H groups in total. The Hall–Kier alpha value is -1.81. The highest BCUT2D eigenvalue weighted by molar-refractivity contribution is 5.81. The van der Waals surface area contributed by atoms with E-state index in [2.05, 4.69) is 33.8 Å². The summed E-state index contributed by atoms with van der Waals surface area (Å²) >= 11 is 0. The van der Waals surface area contributed by atoms with Crippen molar-refractivity contribution in [2.45, 2.75) is 63.9 Å². The highest BCUT2D eigenvalue weighted by Gasteiger charge is 2.56. The van der Waals surface area contributed by atoms with Gasteiger partial charge in [0.2, 0.25) is 0 Å². The Morgan fingerprint density at radius 2 is 2.00 bits per heavy atom. The van der Waals surface area contributed by atoms with Crippen LogP contribution in [0, 0.1) is 0 Å². The number of anilines is 1. The SMILES string of the molecule is CCCCN(C)C[C@H]1O[C@@H](n2cnc3c(N)ncnc32)[C@@H]2OC(C)(C)O[C@@H]21. The summed E-state index contributed by atoms with van der Waals surface area (Å²) in [5.74, 6) is -0.296. The van der Waals surface area contributed by atoms with E-state index in [1.807, 2.05) is 18.4 Å². The first kappa shape index (κ1) is 18.5. The summed E-state index contributed by atoms with van der Waals surface area (Å²) in [6.45, 7) is 7.88. The second-order valence-corrected chi connectivity index (χ2v) is 7.83. The van der Waals surface area contributed by atoms with Crippen molar-refractivity contribution < 1.29 is 14.2 Å². The number of nitrogen functional groups attached to an aromatic ring is 1. The standard InChI is InChI=1S/C18H28N6O3/c1-5-6-7-23(4)8-11-13-14(27-18(2,3)26-13)17(25-11)24-10-22-12-15(19)20-9-21-16(12)24/h9-11,13-14,17H,5-8H2,1-4H3,(H2,19,20,21)/t11-,13-,14-,17-/m1/s1. The summed E-state index contributed by atoms with van der Waals surface area (Å²) in [5.41, 5.74) is 7.13. The maximum absolute atomic E-state index is 6.39. The topological polar surface area (TPSA) is 101 Å². The van der Waals surface area contributed by atoms with Gasteiger partial charge in [0, 0.05) is 6.54 Å². The Labute approximate surface area is 158 Å². The number of nitrogens with two attached hydrogens (primary N) is 1. The Bertz CT molecular complexity index is 809. The molecule has 27 heavy (non-hydrogen) atoms. The van der Waals surface area contributed by atoms with E-state index in [1.165, 1.54) is 12.7 Å². The molecule has 2 aromatic heterocycles. The van der Waals surface area contributed by atoms with Gasteiger partial charge in [-0.15, -0.1) is 0 Å². The van der Waals surface area contributed by atoms with Crippen LogP contribution in [0.3, 0.4) is 0 Å². The first-order valence-electron chi connectivity index (χ1n) is 9.52. The van der Waals surface area contributed by atoms with E-state index in [9.17, 15) is 0 Å². The lowest BCUT2D eigenvalue weighted by atomic mass is 10.1. The molecule has 2 aliphatic rings. The molecular formula is C18H28N6O3. The van der Waals surface area contributed by atoms with Gasteiger partial charge < -0.3 is 24.8 Å². The van der Waals surface area contributed by atoms with Gasteiger partial charge in [-0.25, -0.2) is 15.0 Å². The highest BCUT2D eigenvalue weighted by atomic mass is 16.8. The van der Waals surface area contributed by atoms with Gasteiger partial charge in [-0.2, -0.15) is 0 Å². The maximum atomic E-state index is 6.39. The van der Waals surface area contributed by atoms with Gasteiger partial charge in [-0.05, 0) is 33.9 Å². The Morgan fingerprint density at radius 3 is 2.78 bits per heavy atom. The van der Waals surface area contributed by atoms with Crippen molar-refractivity contribution in [3.05, 3.63) is 12.7 Å². The smallest absolute Gasteiger partial charge is 0.167 e. The Morgan fingerprint density at radius 1 is 1.22 bits per heavy atom. The molecule has 148 valence electrons. The molecular weight excluding hydrogens is 348 g/mol. The predicted octanol–water partition coefficient (Wildman–Crippen LogP) is 1.56. The lowest BCUT2D eigenvalue weighted by molar-refractivity contribution is -0.197. The molecule has 9 heteroatoms. The normalized spacial score (nSPS) is 29.7. The van der Waals surface area contributed by atoms with Gasteiger partial charge in [0.1, 0.15) is 30.2 Å². The fraction of sp³-hybridized carbons (Fsp3) is 0.722. The molecule has 0 aromatic carbocycles. The molecule has 0 bridgehead atoms. The molecule has 9 nitrogen and oxygen atoms in total. The molecule has 4 rings (SSSR count). The minimum absolute atomic E-state index is 0.0970. The second kappa shape index (κ2) is 6.97. The number of hydrogen-bond acceptors (Lipinski definition) is 8. The quantitative estimate of drug-likeness (QED) is 0.811. The number of imidazole rings is 1. The molecule has 0 unspecified atom stereocenters. The summed E-state index contributed by atoms with van der Waals surface area (Å²) in [6, 6.07) is 0. The zero-order chi connectivity index (χ0) is 19.2. The van der Waals surface area contributed by atoms with Crippen molar-refractivity contribution >= 4 is 17.0 Å². The van der Waals surface area contributed by atoms with E-state index in [1.54, 1.807) is 6.33 Å². The summed E-state index contributed by atoms with van der Waals surface area (Å²) in [5, 5.41) is 0. The zero-order valence-electron chi connectivity index (χ0n) is 16.3. The molecule has 0 saturated carbocycles. The van der Waals surface area contributed by atoms with Crippen LogP contribution in [-0.2, 0) is 14.2 Å². The fourth-order valence-corrected chi connectivity index (χ4v) is 3.91. The number of hydrogen-bond donors (Lipinski definition) is 1. The third-order valence-corrected chi connectivity index (χ3v) is 5.17. The van der Waals surface area contributed by atoms with E-state index < -0.39 is 5.79 Å². The Kier molecular flexibility index (Phi) is 4.79. The molecule has 2 fully saturated rings. The molecule has 0 aliphatic carbocycles. The van der Waals surface area contributed by atoms with Gasteiger partial charge in [0.05, 0.1) is 6.33 Å². The molecule has 0 radical (unpaired) electrons. The molecule has 4 heterocycles. The zero-order valence-corrected chi connectivity index (χ0v) is 16.3. The fourth-order valence-electron chi connectivity index (χ4n) is 3.91. The Balaban J connectivity index is 1.62. The largest absolute Gasteiger partial charge is 0.382 e. The summed E-state index contributed by atoms with van der Waals surface area (Å²) < 4.78 is 20.7. The first-order valence-corrected chi connectivity index (χ1v) is 9.52. The molecule has 2 aromatic rings. The summed E-state index contributed by atoms with van der Waals surface area (Å²) in [6.07, 6.45) is 4.60. The number of fused-ring (bicyclic) bond motifs is 2. The second-order valence-electron chi connectivity index (χ2n) is 7.83. The lowest BCUT2D eigenvalue weighted by Crippen LogP contribution is -2.38. The van der Waals surface area contributed by atoms with Crippen molar-refractivity contribution in [2.75, 3.05) is 25.9 Å². The third-order valence-electron chi connectivity index (χ3n) is 5.17. The molecule has 2 saturated heterocycles. The van der Waals surface area contributed by atoms with Crippen LogP contribution >= 0.6 is 0 Å². The van der Waals surface area contributed by atoms with Crippen molar-refractivity contribution in [3.63, 3.8) is 0 Å². The highest BCUT2D eigenvalue weighted by Crippen LogP contribution is 2.43. The van der Waals surface area contributed by atoms with Gasteiger partial charge in [-0.1, -0.05) is 13.3 Å². The maximum Gasteiger partial charge on any atom is 0.167 e. The monoisotopic (exact) mass is 376 g/mol. The van der Waals surface area contributed by atoms with Crippen molar-refractivity contribution in [1.82, 2.24) is 24.4 Å². The van der Waals surface area contributed by atoms with E-state index in [-0.39, 0.29) is 24.5 Å². The predicted molar refractivity (Wildman–Crippen MR) is 99.9 cm³/mol. The van der Waals surface area contributed by atoms with Crippen molar-refractivity contribution in [3.8, 4) is 0 Å². The van der Waals surface area contributed by atoms with Crippen LogP contribution in [0.2, 0.25) is 0 Å². The number of nitrogens with zero attached hydrogens (tertiary/aromatic N) is 5. The first-order chi connectivity index (χ1) is 12.9. The van der Waals surface area contributed by atoms with Crippen LogP contribution in [0.5, 0.6) is 0 Å². The van der Waals surface area contributed by atoms with E-state index in [0.29, 0.717) is 17.0 Å². The number of unbranched alkanes of at least 4 members (excludes halogenated alkanes) is 1. The van der Waals surface area contributed by atoms with E-state index in [4.69, 9.17) is 19.9 Å². The van der Waals surface area contributed by atoms with Gasteiger partial charge >= 0.3 is 0 Å². The molecule has 2 aliphatic heterocycles. The van der Waals surface area contributed by atoms with Crippen LogP contribution in [0.4, 0.5) is 5.82 Å². The van der Waals surface area contributed by atoms with E-state index >= 15 is 0 Å². The van der Waals surface area contributed by atoms with E-state index in [0.717, 1.165) is 19.5 Å². The number of likely N-dealkylation sites (N-methyl/N-ethyl adjacent to an activating group) is 1. The average Bonchev–Trinajstić information content (AvgIpc) is 3.26. The van der Waals surface area contributed by atoms with Crippen LogP contribution in [0.15, 0.2) is 12.7 Å². The van der Waals surface area contributed by atoms with Crippen molar-refractivity contribution in [2.24, 2.45) is 0 Å². The van der Waals surface area contributed by atoms with Gasteiger partial charge in [0.15, 0.2) is 23.5 Å². The summed E-state index contributed by atoms with van der Waals surface area (Å²) in [4.78, 5) is 15.0. The van der Waals surface area contributed by atoms with Crippen LogP contribution in [0.1, 0.15) is 39.8 Å².